The maximum atomic E-state index is 13.8. The first kappa shape index (κ1) is 16.7. The summed E-state index contributed by atoms with van der Waals surface area (Å²) in [6.07, 6.45) is 4.13. The molecule has 26 heavy (non-hydrogen) atoms. The molecule has 0 saturated heterocycles. The highest BCUT2D eigenvalue weighted by Gasteiger charge is 2.37. The summed E-state index contributed by atoms with van der Waals surface area (Å²) in [6.45, 7) is 4.64. The zero-order valence-corrected chi connectivity index (χ0v) is 15.3. The van der Waals surface area contributed by atoms with Crippen molar-refractivity contribution in [2.45, 2.75) is 26.3 Å². The van der Waals surface area contributed by atoms with Gasteiger partial charge in [0.05, 0.1) is 5.92 Å². The number of ether oxygens (including phenoxy) is 1. The molecule has 4 heteroatoms. The van der Waals surface area contributed by atoms with Crippen molar-refractivity contribution in [2.24, 2.45) is 5.92 Å². The molecule has 2 aromatic rings. The molecule has 0 fully saturated rings. The number of allylic oxidation sites excluding steroid dienone is 4. The number of anilines is 1. The van der Waals surface area contributed by atoms with Gasteiger partial charge in [0.1, 0.15) is 17.3 Å². The van der Waals surface area contributed by atoms with E-state index in [0.717, 1.165) is 28.5 Å². The topological polar surface area (TPSA) is 33.3 Å². The normalized spacial score (nSPS) is 20.5. The van der Waals surface area contributed by atoms with Crippen molar-refractivity contribution in [3.63, 3.8) is 0 Å². The summed E-state index contributed by atoms with van der Waals surface area (Å²) in [4.78, 5) is 0. The van der Waals surface area contributed by atoms with Gasteiger partial charge in [-0.1, -0.05) is 19.1 Å². The Bertz CT molecular complexity index is 916. The van der Waals surface area contributed by atoms with Gasteiger partial charge in [-0.2, -0.15) is 0 Å². The van der Waals surface area contributed by atoms with E-state index in [9.17, 15) is 4.39 Å². The van der Waals surface area contributed by atoms with Crippen LogP contribution in [0.2, 0.25) is 0 Å². The van der Waals surface area contributed by atoms with Gasteiger partial charge in [0.2, 0.25) is 0 Å². The molecule has 1 heterocycles. The second-order valence-corrected chi connectivity index (χ2v) is 6.94. The maximum Gasteiger partial charge on any atom is 0.131 e. The molecule has 2 unspecified atom stereocenters. The summed E-state index contributed by atoms with van der Waals surface area (Å²) in [6, 6.07) is 11.4. The highest BCUT2D eigenvalue weighted by atomic mass is 19.1. The Kier molecular flexibility index (Phi) is 4.19. The number of benzene rings is 2. The molecule has 0 saturated carbocycles. The molecule has 2 aromatic carbocycles. The number of fused-ring (bicyclic) bond motifs is 3. The third-order valence-corrected chi connectivity index (χ3v) is 5.45. The zero-order chi connectivity index (χ0) is 18.3. The van der Waals surface area contributed by atoms with Gasteiger partial charge in [0.15, 0.2) is 0 Å². The summed E-state index contributed by atoms with van der Waals surface area (Å²) in [5.41, 5.74) is 5.13. The van der Waals surface area contributed by atoms with Gasteiger partial charge >= 0.3 is 0 Å². The molecule has 3 nitrogen and oxygen atoms in total. The summed E-state index contributed by atoms with van der Waals surface area (Å²) in [7, 11) is 1.92. The molecular weight excluding hydrogens is 327 g/mol. The molecule has 0 spiro atoms. The molecule has 0 radical (unpaired) electrons. The van der Waals surface area contributed by atoms with Crippen LogP contribution in [0.15, 0.2) is 60.0 Å². The molecule has 2 atom stereocenters. The smallest absolute Gasteiger partial charge is 0.131 e. The van der Waals surface area contributed by atoms with Gasteiger partial charge in [-0.15, -0.1) is 0 Å². The minimum atomic E-state index is -0.158. The second kappa shape index (κ2) is 6.52. The minimum Gasteiger partial charge on any atom is -0.461 e. The number of hydrogen-bond acceptors (Lipinski definition) is 3. The van der Waals surface area contributed by atoms with Crippen LogP contribution in [0.3, 0.4) is 0 Å². The van der Waals surface area contributed by atoms with Gasteiger partial charge in [-0.05, 0) is 54.5 Å². The maximum absolute atomic E-state index is 13.8. The highest BCUT2D eigenvalue weighted by Crippen LogP contribution is 2.49. The molecule has 1 aliphatic carbocycles. The number of rotatable bonds is 4. The fourth-order valence-corrected chi connectivity index (χ4v) is 3.80. The van der Waals surface area contributed by atoms with Crippen LogP contribution < -0.4 is 15.4 Å². The van der Waals surface area contributed by atoms with Crippen LogP contribution in [0, 0.1) is 18.7 Å². The van der Waals surface area contributed by atoms with Crippen LogP contribution >= 0.6 is 0 Å². The minimum absolute atomic E-state index is 0.158. The lowest BCUT2D eigenvalue weighted by molar-refractivity contribution is 0.391. The van der Waals surface area contributed by atoms with Crippen molar-refractivity contribution in [2.75, 3.05) is 12.4 Å². The van der Waals surface area contributed by atoms with Crippen molar-refractivity contribution in [3.8, 4) is 5.75 Å². The van der Waals surface area contributed by atoms with Crippen molar-refractivity contribution in [3.05, 3.63) is 82.5 Å². The van der Waals surface area contributed by atoms with E-state index in [0.29, 0.717) is 12.1 Å². The Morgan fingerprint density at radius 3 is 2.81 bits per heavy atom. The summed E-state index contributed by atoms with van der Waals surface area (Å²) < 4.78 is 19.8. The van der Waals surface area contributed by atoms with Crippen molar-refractivity contribution >= 4 is 5.69 Å². The van der Waals surface area contributed by atoms with Crippen LogP contribution in [0.25, 0.3) is 0 Å². The lowest BCUT2D eigenvalue weighted by Gasteiger charge is -2.27. The quantitative estimate of drug-likeness (QED) is 0.826. The van der Waals surface area contributed by atoms with Gasteiger partial charge in [-0.25, -0.2) is 4.39 Å². The van der Waals surface area contributed by atoms with Crippen molar-refractivity contribution in [1.29, 1.82) is 0 Å². The molecule has 0 amide bonds. The van der Waals surface area contributed by atoms with Gasteiger partial charge in [0, 0.05) is 36.5 Å². The number of nitrogens with one attached hydrogen (secondary N) is 2. The van der Waals surface area contributed by atoms with E-state index in [1.807, 2.05) is 38.2 Å². The van der Waals surface area contributed by atoms with Gasteiger partial charge in [-0.3, -0.25) is 0 Å². The summed E-state index contributed by atoms with van der Waals surface area (Å²) in [5.74, 6) is 2.24. The molecule has 2 aliphatic rings. The zero-order valence-electron chi connectivity index (χ0n) is 15.3. The van der Waals surface area contributed by atoms with Gasteiger partial charge in [0.25, 0.3) is 0 Å². The third-order valence-electron chi connectivity index (χ3n) is 5.45. The monoisotopic (exact) mass is 350 g/mol. The van der Waals surface area contributed by atoms with E-state index in [2.05, 4.69) is 29.7 Å². The Labute approximate surface area is 153 Å². The van der Waals surface area contributed by atoms with Crippen LogP contribution in [0.4, 0.5) is 10.1 Å². The van der Waals surface area contributed by atoms with E-state index in [1.165, 1.54) is 11.6 Å². The van der Waals surface area contributed by atoms with Crippen LogP contribution in [-0.4, -0.2) is 7.05 Å². The van der Waals surface area contributed by atoms with E-state index < -0.39 is 0 Å². The molecule has 0 bridgehead atoms. The number of hydrogen-bond donors (Lipinski definition) is 2. The van der Waals surface area contributed by atoms with E-state index in [4.69, 9.17) is 4.74 Å². The predicted molar refractivity (Wildman–Crippen MR) is 103 cm³/mol. The van der Waals surface area contributed by atoms with Crippen LogP contribution in [0.5, 0.6) is 5.75 Å². The van der Waals surface area contributed by atoms with Crippen molar-refractivity contribution in [1.82, 2.24) is 5.32 Å². The molecule has 0 aromatic heterocycles. The largest absolute Gasteiger partial charge is 0.461 e. The highest BCUT2D eigenvalue weighted by molar-refractivity contribution is 5.58. The molecule has 134 valence electrons. The lowest BCUT2D eigenvalue weighted by Crippen LogP contribution is -2.25. The van der Waals surface area contributed by atoms with Gasteiger partial charge < -0.3 is 15.4 Å². The summed E-state index contributed by atoms with van der Waals surface area (Å²) in [5, 5.41) is 6.70. The summed E-state index contributed by atoms with van der Waals surface area (Å²) >= 11 is 0. The predicted octanol–water partition coefficient (Wildman–Crippen LogP) is 4.86. The van der Waals surface area contributed by atoms with E-state index >= 15 is 0 Å². The first-order valence-electron chi connectivity index (χ1n) is 8.97. The van der Waals surface area contributed by atoms with Crippen LogP contribution in [0.1, 0.15) is 29.5 Å². The lowest BCUT2D eigenvalue weighted by atomic mass is 9.81. The Morgan fingerprint density at radius 1 is 1.15 bits per heavy atom. The molecular formula is C22H23FN2O. The van der Waals surface area contributed by atoms with E-state index in [-0.39, 0.29) is 17.7 Å². The SMILES string of the molecule is CNc1ccc2c(c1)C1C(=CC=C(NCc3cccc(F)c3C)C1C)O2. The van der Waals surface area contributed by atoms with Crippen molar-refractivity contribution < 1.29 is 9.13 Å². The van der Waals surface area contributed by atoms with Crippen LogP contribution in [-0.2, 0) is 6.54 Å². The Balaban J connectivity index is 1.56. The third kappa shape index (κ3) is 2.75. The number of halogens is 1. The first-order valence-corrected chi connectivity index (χ1v) is 8.97. The average molecular weight is 350 g/mol. The molecule has 1 aliphatic heterocycles. The average Bonchev–Trinajstić information content (AvgIpc) is 3.02. The standard InChI is InChI=1S/C22H23FN2O/c1-13-15(5-4-6-18(13)23)12-25-19-8-10-21-22(14(19)2)17-11-16(24-3)7-9-20(17)26-21/h4-11,14,22,24-25H,12H2,1-3H3. The first-order chi connectivity index (χ1) is 12.6. The fraction of sp³-hybridized carbons (Fsp3) is 0.273. The fourth-order valence-electron chi connectivity index (χ4n) is 3.80. The Hall–Kier alpha value is -2.75. The molecule has 2 N–H and O–H groups in total. The Morgan fingerprint density at radius 2 is 2.00 bits per heavy atom. The second-order valence-electron chi connectivity index (χ2n) is 6.94. The molecule has 4 rings (SSSR count). The van der Waals surface area contributed by atoms with E-state index in [1.54, 1.807) is 6.07 Å².